The fourth-order valence-electron chi connectivity index (χ4n) is 2.12. The van der Waals surface area contributed by atoms with Gasteiger partial charge in [0.05, 0.1) is 6.21 Å². The van der Waals surface area contributed by atoms with Crippen molar-refractivity contribution >= 4 is 11.9 Å². The zero-order chi connectivity index (χ0) is 14.5. The zero-order valence-corrected chi connectivity index (χ0v) is 12.5. The number of benzene rings is 1. The van der Waals surface area contributed by atoms with Gasteiger partial charge in [-0.25, -0.2) is 4.68 Å². The summed E-state index contributed by atoms with van der Waals surface area (Å²) in [6.07, 6.45) is 1.83. The number of hydrogen-bond acceptors (Lipinski definition) is 4. The molecule has 0 amide bonds. The van der Waals surface area contributed by atoms with Crippen LogP contribution in [-0.4, -0.2) is 34.2 Å². The maximum atomic E-state index is 4.40. The van der Waals surface area contributed by atoms with Gasteiger partial charge in [0, 0.05) is 18.8 Å². The second kappa shape index (κ2) is 6.32. The molecule has 0 aliphatic carbocycles. The summed E-state index contributed by atoms with van der Waals surface area (Å²) in [5, 5.41) is 12.4. The number of hydrogen-bond donors (Lipinski definition) is 0. The summed E-state index contributed by atoms with van der Waals surface area (Å²) in [5.41, 5.74) is 2.30. The molecule has 0 bridgehead atoms. The van der Waals surface area contributed by atoms with Crippen LogP contribution in [0.1, 0.15) is 31.1 Å². The first kappa shape index (κ1) is 14.2. The van der Waals surface area contributed by atoms with Crippen LogP contribution < -0.4 is 4.90 Å². The molecule has 0 unspecified atom stereocenters. The molecule has 0 N–H and O–H groups in total. The van der Waals surface area contributed by atoms with E-state index in [2.05, 4.69) is 58.3 Å². The van der Waals surface area contributed by atoms with E-state index in [-0.39, 0.29) is 0 Å². The highest BCUT2D eigenvalue weighted by atomic mass is 15.4. The van der Waals surface area contributed by atoms with E-state index in [0.717, 1.165) is 30.3 Å². The van der Waals surface area contributed by atoms with Crippen LogP contribution in [-0.2, 0) is 0 Å². The van der Waals surface area contributed by atoms with E-state index in [1.54, 1.807) is 4.68 Å². The second-order valence-corrected chi connectivity index (χ2v) is 4.61. The lowest BCUT2D eigenvalue weighted by Crippen LogP contribution is -2.21. The van der Waals surface area contributed by atoms with Gasteiger partial charge >= 0.3 is 0 Å². The number of nitrogens with zero attached hydrogens (tertiary/aromatic N) is 5. The molecule has 2 aromatic rings. The molecule has 106 valence electrons. The fourth-order valence-corrected chi connectivity index (χ4v) is 2.12. The third-order valence-corrected chi connectivity index (χ3v) is 3.30. The maximum absolute atomic E-state index is 4.40. The van der Waals surface area contributed by atoms with Gasteiger partial charge in [-0.2, -0.15) is 5.10 Å². The van der Waals surface area contributed by atoms with Gasteiger partial charge in [-0.05, 0) is 45.4 Å². The van der Waals surface area contributed by atoms with Gasteiger partial charge in [0.15, 0.2) is 11.6 Å². The van der Waals surface area contributed by atoms with Crippen molar-refractivity contribution < 1.29 is 0 Å². The minimum absolute atomic E-state index is 0.790. The Balaban J connectivity index is 2.15. The molecule has 0 saturated carbocycles. The number of aryl methyl sites for hydroxylation is 2. The van der Waals surface area contributed by atoms with E-state index < -0.39 is 0 Å². The highest BCUT2D eigenvalue weighted by Gasteiger charge is 2.02. The molecule has 2 rings (SSSR count). The molecule has 0 saturated heterocycles. The normalized spacial score (nSPS) is 11.2. The highest BCUT2D eigenvalue weighted by molar-refractivity contribution is 5.80. The molecule has 0 spiro atoms. The molecule has 0 aliphatic heterocycles. The SMILES string of the molecule is CCN(CC)c1ccc(/C=N\n2c(C)nnc2C)cc1. The molecule has 20 heavy (non-hydrogen) atoms. The number of anilines is 1. The van der Waals surface area contributed by atoms with Crippen LogP contribution in [0.4, 0.5) is 5.69 Å². The summed E-state index contributed by atoms with van der Waals surface area (Å²) in [7, 11) is 0. The topological polar surface area (TPSA) is 46.3 Å². The predicted octanol–water partition coefficient (Wildman–Crippen LogP) is 2.62. The largest absolute Gasteiger partial charge is 0.372 e. The van der Waals surface area contributed by atoms with Gasteiger partial charge in [-0.1, -0.05) is 12.1 Å². The van der Waals surface area contributed by atoms with E-state index in [1.165, 1.54) is 5.69 Å². The third-order valence-electron chi connectivity index (χ3n) is 3.30. The van der Waals surface area contributed by atoms with Crippen LogP contribution in [0.15, 0.2) is 29.4 Å². The Morgan fingerprint density at radius 2 is 1.60 bits per heavy atom. The smallest absolute Gasteiger partial charge is 0.151 e. The van der Waals surface area contributed by atoms with Crippen molar-refractivity contribution in [1.82, 2.24) is 14.9 Å². The minimum atomic E-state index is 0.790. The van der Waals surface area contributed by atoms with Crippen LogP contribution in [0.5, 0.6) is 0 Å². The number of aromatic nitrogens is 3. The standard InChI is InChI=1S/C15H21N5/c1-5-19(6-2)15-9-7-14(8-10-15)11-16-20-12(3)17-18-13(20)4/h7-11H,5-6H2,1-4H3/b16-11-. The Morgan fingerprint density at radius 3 is 2.10 bits per heavy atom. The van der Waals surface area contributed by atoms with Gasteiger partial charge in [-0.3, -0.25) is 0 Å². The Labute approximate surface area is 119 Å². The molecule has 1 heterocycles. The van der Waals surface area contributed by atoms with Crippen LogP contribution in [0.3, 0.4) is 0 Å². The summed E-state index contributed by atoms with van der Waals surface area (Å²) in [6, 6.07) is 8.40. The van der Waals surface area contributed by atoms with Crippen molar-refractivity contribution in [2.75, 3.05) is 18.0 Å². The van der Waals surface area contributed by atoms with Crippen molar-refractivity contribution in [2.24, 2.45) is 5.10 Å². The molecule has 0 atom stereocenters. The highest BCUT2D eigenvalue weighted by Crippen LogP contribution is 2.14. The molecule has 0 fully saturated rings. The Kier molecular flexibility index (Phi) is 4.50. The minimum Gasteiger partial charge on any atom is -0.372 e. The fraction of sp³-hybridized carbons (Fsp3) is 0.400. The quantitative estimate of drug-likeness (QED) is 0.785. The lowest BCUT2D eigenvalue weighted by atomic mass is 10.2. The Morgan fingerprint density at radius 1 is 1.05 bits per heavy atom. The van der Waals surface area contributed by atoms with Crippen molar-refractivity contribution in [3.63, 3.8) is 0 Å². The molecule has 0 radical (unpaired) electrons. The summed E-state index contributed by atoms with van der Waals surface area (Å²) >= 11 is 0. The average molecular weight is 271 g/mol. The monoisotopic (exact) mass is 271 g/mol. The molecule has 1 aromatic heterocycles. The Bertz CT molecular complexity index is 559. The predicted molar refractivity (Wildman–Crippen MR) is 82.5 cm³/mol. The van der Waals surface area contributed by atoms with Gasteiger partial charge in [0.25, 0.3) is 0 Å². The first-order valence-electron chi connectivity index (χ1n) is 6.93. The van der Waals surface area contributed by atoms with Gasteiger partial charge in [0.1, 0.15) is 0 Å². The van der Waals surface area contributed by atoms with E-state index >= 15 is 0 Å². The zero-order valence-electron chi connectivity index (χ0n) is 12.5. The van der Waals surface area contributed by atoms with Crippen molar-refractivity contribution in [2.45, 2.75) is 27.7 Å². The van der Waals surface area contributed by atoms with Crippen molar-refractivity contribution in [3.8, 4) is 0 Å². The number of rotatable bonds is 5. The van der Waals surface area contributed by atoms with E-state index in [4.69, 9.17) is 0 Å². The first-order valence-corrected chi connectivity index (χ1v) is 6.93. The van der Waals surface area contributed by atoms with Gasteiger partial charge in [0.2, 0.25) is 0 Å². The van der Waals surface area contributed by atoms with Crippen LogP contribution in [0, 0.1) is 13.8 Å². The molecule has 0 aliphatic rings. The first-order chi connectivity index (χ1) is 9.65. The third kappa shape index (κ3) is 3.04. The van der Waals surface area contributed by atoms with Crippen molar-refractivity contribution in [1.29, 1.82) is 0 Å². The lowest BCUT2D eigenvalue weighted by molar-refractivity contribution is 0.799. The molecule has 5 nitrogen and oxygen atoms in total. The summed E-state index contributed by atoms with van der Waals surface area (Å²) in [4.78, 5) is 2.31. The second-order valence-electron chi connectivity index (χ2n) is 4.61. The summed E-state index contributed by atoms with van der Waals surface area (Å²) in [5.74, 6) is 1.58. The average Bonchev–Trinajstić information content (AvgIpc) is 2.78. The lowest BCUT2D eigenvalue weighted by Gasteiger charge is -2.20. The molecule has 1 aromatic carbocycles. The van der Waals surface area contributed by atoms with Crippen molar-refractivity contribution in [3.05, 3.63) is 41.5 Å². The van der Waals surface area contributed by atoms with E-state index in [0.29, 0.717) is 0 Å². The summed E-state index contributed by atoms with van der Waals surface area (Å²) < 4.78 is 1.73. The van der Waals surface area contributed by atoms with E-state index in [9.17, 15) is 0 Å². The summed E-state index contributed by atoms with van der Waals surface area (Å²) in [6.45, 7) is 10.1. The van der Waals surface area contributed by atoms with Crippen LogP contribution in [0.2, 0.25) is 0 Å². The van der Waals surface area contributed by atoms with Gasteiger partial charge < -0.3 is 4.90 Å². The maximum Gasteiger partial charge on any atom is 0.151 e. The van der Waals surface area contributed by atoms with Crippen LogP contribution in [0.25, 0.3) is 0 Å². The molecular formula is C15H21N5. The van der Waals surface area contributed by atoms with Gasteiger partial charge in [-0.15, -0.1) is 10.2 Å². The van der Waals surface area contributed by atoms with E-state index in [1.807, 2.05) is 20.1 Å². The Hall–Kier alpha value is -2.17. The van der Waals surface area contributed by atoms with Crippen LogP contribution >= 0.6 is 0 Å². The molecule has 5 heteroatoms. The molecular weight excluding hydrogens is 250 g/mol.